The molecule has 19 heavy (non-hydrogen) atoms. The molecule has 1 saturated heterocycles. The third-order valence-electron chi connectivity index (χ3n) is 4.18. The zero-order valence-corrected chi connectivity index (χ0v) is 12.9. The molecule has 1 fully saturated rings. The molecule has 0 aliphatic carbocycles. The molecule has 106 valence electrons. The van der Waals surface area contributed by atoms with E-state index in [9.17, 15) is 0 Å². The van der Waals surface area contributed by atoms with E-state index < -0.39 is 0 Å². The molecule has 5 unspecified atom stereocenters. The number of nitrogens with two attached hydrogens (primary N) is 1. The molecule has 1 aromatic carbocycles. The van der Waals surface area contributed by atoms with Crippen LogP contribution in [0, 0.1) is 11.8 Å². The van der Waals surface area contributed by atoms with E-state index in [1.165, 1.54) is 0 Å². The maximum absolute atomic E-state index is 6.28. The highest BCUT2D eigenvalue weighted by molar-refractivity contribution is 6.33. The Morgan fingerprint density at radius 3 is 2.42 bits per heavy atom. The fraction of sp³-hybridized carbons (Fsp3) is 0.571. The van der Waals surface area contributed by atoms with Gasteiger partial charge in [0.05, 0.1) is 18.2 Å². The molecule has 3 N–H and O–H groups in total. The van der Waals surface area contributed by atoms with E-state index >= 15 is 0 Å². The van der Waals surface area contributed by atoms with Crippen LogP contribution in [0.3, 0.4) is 0 Å². The van der Waals surface area contributed by atoms with Gasteiger partial charge in [-0.15, -0.1) is 0 Å². The third kappa shape index (κ3) is 2.91. The van der Waals surface area contributed by atoms with E-state index in [0.717, 1.165) is 5.56 Å². The number of hydrogen-bond donors (Lipinski definition) is 2. The summed E-state index contributed by atoms with van der Waals surface area (Å²) >= 11 is 12.4. The Kier molecular flexibility index (Phi) is 4.75. The van der Waals surface area contributed by atoms with E-state index in [1.54, 1.807) is 12.1 Å². The molecule has 0 aromatic heterocycles. The summed E-state index contributed by atoms with van der Waals surface area (Å²) in [6.45, 7) is 6.35. The van der Waals surface area contributed by atoms with Gasteiger partial charge in [0.15, 0.2) is 0 Å². The van der Waals surface area contributed by atoms with Crippen LogP contribution in [0.5, 0.6) is 0 Å². The molecule has 1 aromatic rings. The van der Waals surface area contributed by atoms with Gasteiger partial charge in [0, 0.05) is 16.0 Å². The summed E-state index contributed by atoms with van der Waals surface area (Å²) in [6, 6.07) is 5.39. The smallest absolute Gasteiger partial charge is 0.0601 e. The predicted octanol–water partition coefficient (Wildman–Crippen LogP) is 3.56. The fourth-order valence-corrected chi connectivity index (χ4v) is 3.45. The molecule has 0 amide bonds. The van der Waals surface area contributed by atoms with Gasteiger partial charge in [0.2, 0.25) is 0 Å². The van der Waals surface area contributed by atoms with E-state index in [0.29, 0.717) is 16.0 Å². The van der Waals surface area contributed by atoms with Crippen LogP contribution in [0.4, 0.5) is 0 Å². The summed E-state index contributed by atoms with van der Waals surface area (Å²) in [5.41, 5.74) is 3.82. The number of halogens is 2. The van der Waals surface area contributed by atoms with Gasteiger partial charge in [0.25, 0.3) is 0 Å². The van der Waals surface area contributed by atoms with Crippen LogP contribution in [-0.2, 0) is 4.74 Å². The maximum Gasteiger partial charge on any atom is 0.0601 e. The van der Waals surface area contributed by atoms with E-state index in [2.05, 4.69) is 26.2 Å². The largest absolute Gasteiger partial charge is 0.375 e. The first kappa shape index (κ1) is 15.1. The first-order chi connectivity index (χ1) is 8.95. The number of rotatable bonds is 3. The van der Waals surface area contributed by atoms with Gasteiger partial charge in [-0.05, 0) is 43.5 Å². The molecule has 1 aliphatic heterocycles. The van der Waals surface area contributed by atoms with Gasteiger partial charge in [-0.2, -0.15) is 0 Å². The van der Waals surface area contributed by atoms with Crippen LogP contribution in [0.2, 0.25) is 10.0 Å². The molecular weight excluding hydrogens is 283 g/mol. The fourth-order valence-electron chi connectivity index (χ4n) is 3.03. The van der Waals surface area contributed by atoms with Crippen molar-refractivity contribution in [2.45, 2.75) is 39.0 Å². The molecule has 0 bridgehead atoms. The SMILES string of the molecule is CC1OC(C)C(C(NN)c2cc(Cl)ccc2Cl)C1C. The molecule has 2 rings (SSSR count). The standard InChI is InChI=1S/C14H20Cl2N2O/c1-7-8(2)19-9(3)13(7)14(18-17)11-6-10(15)4-5-12(11)16/h4-9,13-14,18H,17H2,1-3H3. The second kappa shape index (κ2) is 5.98. The van der Waals surface area contributed by atoms with Crippen molar-refractivity contribution in [3.8, 4) is 0 Å². The number of hydrogen-bond acceptors (Lipinski definition) is 3. The minimum absolute atomic E-state index is 0.0684. The average Bonchev–Trinajstić information content (AvgIpc) is 2.61. The Bertz CT molecular complexity index is 455. The van der Waals surface area contributed by atoms with Gasteiger partial charge in [-0.25, -0.2) is 0 Å². The highest BCUT2D eigenvalue weighted by Gasteiger charge is 2.42. The van der Waals surface area contributed by atoms with E-state index in [-0.39, 0.29) is 24.2 Å². The highest BCUT2D eigenvalue weighted by Crippen LogP contribution is 2.42. The van der Waals surface area contributed by atoms with Crippen LogP contribution in [0.15, 0.2) is 18.2 Å². The monoisotopic (exact) mass is 302 g/mol. The summed E-state index contributed by atoms with van der Waals surface area (Å²) in [7, 11) is 0. The van der Waals surface area contributed by atoms with Crippen molar-refractivity contribution in [1.82, 2.24) is 5.43 Å². The molecule has 1 aliphatic rings. The second-order valence-electron chi connectivity index (χ2n) is 5.29. The van der Waals surface area contributed by atoms with Crippen molar-refractivity contribution >= 4 is 23.2 Å². The Morgan fingerprint density at radius 1 is 1.21 bits per heavy atom. The summed E-state index contributed by atoms with van der Waals surface area (Å²) in [4.78, 5) is 0. The third-order valence-corrected chi connectivity index (χ3v) is 4.76. The van der Waals surface area contributed by atoms with Crippen molar-refractivity contribution < 1.29 is 4.74 Å². The summed E-state index contributed by atoms with van der Waals surface area (Å²) in [5, 5.41) is 1.33. The zero-order chi connectivity index (χ0) is 14.2. The molecule has 0 radical (unpaired) electrons. The van der Waals surface area contributed by atoms with Crippen LogP contribution in [0.25, 0.3) is 0 Å². The van der Waals surface area contributed by atoms with Crippen molar-refractivity contribution in [3.63, 3.8) is 0 Å². The van der Waals surface area contributed by atoms with Crippen LogP contribution in [0.1, 0.15) is 32.4 Å². The lowest BCUT2D eigenvalue weighted by atomic mass is 9.81. The first-order valence-corrected chi connectivity index (χ1v) is 7.27. The average molecular weight is 303 g/mol. The highest BCUT2D eigenvalue weighted by atomic mass is 35.5. The first-order valence-electron chi connectivity index (χ1n) is 6.52. The Balaban J connectivity index is 2.37. The molecular formula is C14H20Cl2N2O. The molecule has 5 atom stereocenters. The number of ether oxygens (including phenoxy) is 1. The zero-order valence-electron chi connectivity index (χ0n) is 11.4. The van der Waals surface area contributed by atoms with Gasteiger partial charge in [-0.3, -0.25) is 11.3 Å². The van der Waals surface area contributed by atoms with Crippen LogP contribution >= 0.6 is 23.2 Å². The molecule has 1 heterocycles. The van der Waals surface area contributed by atoms with Gasteiger partial charge >= 0.3 is 0 Å². The Labute approximate surface area is 124 Å². The van der Waals surface area contributed by atoms with Crippen molar-refractivity contribution in [2.75, 3.05) is 0 Å². The quantitative estimate of drug-likeness (QED) is 0.663. The molecule has 3 nitrogen and oxygen atoms in total. The minimum Gasteiger partial charge on any atom is -0.375 e. The van der Waals surface area contributed by atoms with Gasteiger partial charge < -0.3 is 4.74 Å². The van der Waals surface area contributed by atoms with Crippen molar-refractivity contribution in [1.29, 1.82) is 0 Å². The number of nitrogens with one attached hydrogen (secondary N) is 1. The molecule has 0 spiro atoms. The normalized spacial score (nSPS) is 32.5. The molecule has 0 saturated carbocycles. The lowest BCUT2D eigenvalue weighted by Crippen LogP contribution is -2.38. The van der Waals surface area contributed by atoms with Crippen molar-refractivity contribution in [3.05, 3.63) is 33.8 Å². The minimum atomic E-state index is -0.0684. The van der Waals surface area contributed by atoms with Gasteiger partial charge in [-0.1, -0.05) is 30.1 Å². The summed E-state index contributed by atoms with van der Waals surface area (Å²) in [6.07, 6.45) is 0.343. The van der Waals surface area contributed by atoms with Crippen LogP contribution in [-0.4, -0.2) is 12.2 Å². The van der Waals surface area contributed by atoms with Crippen LogP contribution < -0.4 is 11.3 Å². The number of hydrazine groups is 1. The lowest BCUT2D eigenvalue weighted by Gasteiger charge is -2.29. The lowest BCUT2D eigenvalue weighted by molar-refractivity contribution is 0.0475. The number of benzene rings is 1. The Morgan fingerprint density at radius 2 is 1.89 bits per heavy atom. The Hall–Kier alpha value is -0.320. The summed E-state index contributed by atoms with van der Waals surface area (Å²) < 4.78 is 5.89. The van der Waals surface area contributed by atoms with E-state index in [4.69, 9.17) is 33.8 Å². The predicted molar refractivity (Wildman–Crippen MR) is 79.2 cm³/mol. The van der Waals surface area contributed by atoms with E-state index in [1.807, 2.05) is 6.07 Å². The van der Waals surface area contributed by atoms with Crippen molar-refractivity contribution in [2.24, 2.45) is 17.7 Å². The summed E-state index contributed by atoms with van der Waals surface area (Å²) in [5.74, 6) is 6.42. The topological polar surface area (TPSA) is 47.3 Å². The maximum atomic E-state index is 6.28. The molecule has 5 heteroatoms. The van der Waals surface area contributed by atoms with Gasteiger partial charge in [0.1, 0.15) is 0 Å². The second-order valence-corrected chi connectivity index (χ2v) is 6.14.